The van der Waals surface area contributed by atoms with Crippen LogP contribution in [0.15, 0.2) is 48.7 Å². The lowest BCUT2D eigenvalue weighted by atomic mass is 9.97. The van der Waals surface area contributed by atoms with E-state index in [1.165, 1.54) is 5.56 Å². The lowest BCUT2D eigenvalue weighted by molar-refractivity contribution is 0.0606. The summed E-state index contributed by atoms with van der Waals surface area (Å²) in [6.07, 6.45) is 5.05. The van der Waals surface area contributed by atoms with E-state index in [2.05, 4.69) is 18.0 Å². The van der Waals surface area contributed by atoms with Crippen molar-refractivity contribution in [2.45, 2.75) is 32.2 Å². The van der Waals surface area contributed by atoms with Crippen LogP contribution in [0.25, 0.3) is 0 Å². The van der Waals surface area contributed by atoms with Gasteiger partial charge in [-0.15, -0.1) is 0 Å². The number of pyridine rings is 1. The average Bonchev–Trinajstić information content (AvgIpc) is 2.55. The minimum absolute atomic E-state index is 0.103. The first-order valence-corrected chi connectivity index (χ1v) is 7.54. The Bertz CT molecular complexity index is 624. The van der Waals surface area contributed by atoms with Crippen LogP contribution in [0.3, 0.4) is 0 Å². The number of carbonyl (C=O) groups is 1. The molecule has 1 aliphatic heterocycles. The van der Waals surface area contributed by atoms with E-state index in [0.717, 1.165) is 37.1 Å². The van der Waals surface area contributed by atoms with E-state index in [1.807, 2.05) is 47.5 Å². The summed E-state index contributed by atoms with van der Waals surface area (Å²) < 4.78 is 0. The van der Waals surface area contributed by atoms with Crippen LogP contribution in [0, 0.1) is 6.92 Å². The van der Waals surface area contributed by atoms with Gasteiger partial charge in [0.05, 0.1) is 11.7 Å². The largest absolute Gasteiger partial charge is 0.330 e. The molecule has 0 N–H and O–H groups in total. The number of amides is 1. The predicted molar refractivity (Wildman–Crippen MR) is 83.0 cm³/mol. The van der Waals surface area contributed by atoms with Gasteiger partial charge >= 0.3 is 0 Å². The summed E-state index contributed by atoms with van der Waals surface area (Å²) in [5, 5.41) is 0. The summed E-state index contributed by atoms with van der Waals surface area (Å²) in [5.74, 6) is 0.114. The fourth-order valence-corrected chi connectivity index (χ4v) is 2.97. The van der Waals surface area contributed by atoms with Gasteiger partial charge in [-0.25, -0.2) is 0 Å². The van der Waals surface area contributed by atoms with Crippen LogP contribution in [0.5, 0.6) is 0 Å². The number of carbonyl (C=O) groups excluding carboxylic acids is 1. The number of nitrogens with zero attached hydrogens (tertiary/aromatic N) is 2. The minimum Gasteiger partial charge on any atom is -0.330 e. The molecule has 0 saturated carbocycles. The van der Waals surface area contributed by atoms with Crippen molar-refractivity contribution in [1.82, 2.24) is 9.88 Å². The number of aryl methyl sites for hydroxylation is 1. The highest BCUT2D eigenvalue weighted by molar-refractivity contribution is 5.94. The molecule has 3 nitrogen and oxygen atoms in total. The molecular weight excluding hydrogens is 260 g/mol. The smallest absolute Gasteiger partial charge is 0.254 e. The number of hydrogen-bond acceptors (Lipinski definition) is 2. The van der Waals surface area contributed by atoms with Crippen molar-refractivity contribution in [3.8, 4) is 0 Å². The van der Waals surface area contributed by atoms with Gasteiger partial charge in [0.2, 0.25) is 0 Å². The third-order valence-electron chi connectivity index (χ3n) is 4.06. The monoisotopic (exact) mass is 280 g/mol. The van der Waals surface area contributed by atoms with E-state index in [0.29, 0.717) is 0 Å². The van der Waals surface area contributed by atoms with Crippen LogP contribution in [-0.4, -0.2) is 22.3 Å². The van der Waals surface area contributed by atoms with Gasteiger partial charge < -0.3 is 4.90 Å². The number of benzene rings is 1. The molecule has 0 aliphatic carbocycles. The zero-order valence-electron chi connectivity index (χ0n) is 12.3. The molecule has 3 heteroatoms. The summed E-state index contributed by atoms with van der Waals surface area (Å²) in [6.45, 7) is 2.88. The molecule has 1 amide bonds. The molecule has 1 aromatic carbocycles. The van der Waals surface area contributed by atoms with E-state index < -0.39 is 0 Å². The van der Waals surface area contributed by atoms with Crippen LogP contribution in [0.1, 0.15) is 46.9 Å². The standard InChI is InChI=1S/C18H20N2O/c1-14-10-11-19-16(13-14)17-9-5-6-12-20(17)18(21)15-7-3-2-4-8-15/h2-4,7-8,10-11,13,17H,5-6,9,12H2,1H3. The predicted octanol–water partition coefficient (Wildman–Crippen LogP) is 3.76. The second-order valence-corrected chi connectivity index (χ2v) is 5.63. The van der Waals surface area contributed by atoms with E-state index in [4.69, 9.17) is 0 Å². The van der Waals surface area contributed by atoms with Gasteiger partial charge in [0.25, 0.3) is 5.91 Å². The van der Waals surface area contributed by atoms with Gasteiger partial charge in [-0.2, -0.15) is 0 Å². The van der Waals surface area contributed by atoms with Crippen molar-refractivity contribution in [2.75, 3.05) is 6.54 Å². The molecule has 21 heavy (non-hydrogen) atoms. The first-order chi connectivity index (χ1) is 10.3. The van der Waals surface area contributed by atoms with Gasteiger partial charge in [0.1, 0.15) is 0 Å². The zero-order chi connectivity index (χ0) is 14.7. The number of hydrogen-bond donors (Lipinski definition) is 0. The third-order valence-corrected chi connectivity index (χ3v) is 4.06. The molecule has 2 aromatic rings. The molecule has 108 valence electrons. The van der Waals surface area contributed by atoms with E-state index in [-0.39, 0.29) is 11.9 Å². The minimum atomic E-state index is 0.103. The molecule has 1 unspecified atom stereocenters. The summed E-state index contributed by atoms with van der Waals surface area (Å²) >= 11 is 0. The van der Waals surface area contributed by atoms with Crippen molar-refractivity contribution in [2.24, 2.45) is 0 Å². The average molecular weight is 280 g/mol. The van der Waals surface area contributed by atoms with Gasteiger partial charge in [0, 0.05) is 18.3 Å². The van der Waals surface area contributed by atoms with E-state index in [1.54, 1.807) is 0 Å². The topological polar surface area (TPSA) is 33.2 Å². The Kier molecular flexibility index (Phi) is 4.00. The SMILES string of the molecule is Cc1ccnc(C2CCCCN2C(=O)c2ccccc2)c1. The fraction of sp³-hybridized carbons (Fsp3) is 0.333. The second kappa shape index (κ2) is 6.08. The molecule has 1 fully saturated rings. The van der Waals surface area contributed by atoms with Crippen molar-refractivity contribution < 1.29 is 4.79 Å². The molecule has 1 saturated heterocycles. The quantitative estimate of drug-likeness (QED) is 0.839. The lowest BCUT2D eigenvalue weighted by Crippen LogP contribution is -2.38. The maximum atomic E-state index is 12.8. The summed E-state index contributed by atoms with van der Waals surface area (Å²) in [6, 6.07) is 13.7. The maximum Gasteiger partial charge on any atom is 0.254 e. The molecule has 2 heterocycles. The second-order valence-electron chi connectivity index (χ2n) is 5.63. The zero-order valence-corrected chi connectivity index (χ0v) is 12.3. The number of aromatic nitrogens is 1. The Labute approximate surface area is 125 Å². The molecule has 0 bridgehead atoms. The molecule has 3 rings (SSSR count). The third kappa shape index (κ3) is 2.97. The van der Waals surface area contributed by atoms with Crippen molar-refractivity contribution in [3.63, 3.8) is 0 Å². The number of piperidine rings is 1. The van der Waals surface area contributed by atoms with Crippen LogP contribution in [-0.2, 0) is 0 Å². The highest BCUT2D eigenvalue weighted by atomic mass is 16.2. The maximum absolute atomic E-state index is 12.8. The van der Waals surface area contributed by atoms with Crippen LogP contribution < -0.4 is 0 Å². The van der Waals surface area contributed by atoms with Crippen molar-refractivity contribution in [1.29, 1.82) is 0 Å². The Balaban J connectivity index is 1.90. The van der Waals surface area contributed by atoms with Gasteiger partial charge in [0.15, 0.2) is 0 Å². The van der Waals surface area contributed by atoms with Gasteiger partial charge in [-0.05, 0) is 56.0 Å². The van der Waals surface area contributed by atoms with Crippen LogP contribution >= 0.6 is 0 Å². The lowest BCUT2D eigenvalue weighted by Gasteiger charge is -2.35. The Morgan fingerprint density at radius 2 is 2.00 bits per heavy atom. The molecule has 1 aliphatic rings. The van der Waals surface area contributed by atoms with Gasteiger partial charge in [-0.1, -0.05) is 18.2 Å². The Morgan fingerprint density at radius 1 is 1.19 bits per heavy atom. The molecule has 1 atom stereocenters. The highest BCUT2D eigenvalue weighted by Gasteiger charge is 2.29. The van der Waals surface area contributed by atoms with Crippen molar-refractivity contribution >= 4 is 5.91 Å². The Hall–Kier alpha value is -2.16. The Morgan fingerprint density at radius 3 is 2.76 bits per heavy atom. The first kappa shape index (κ1) is 13.8. The highest BCUT2D eigenvalue weighted by Crippen LogP contribution is 2.31. The number of rotatable bonds is 2. The molecule has 0 radical (unpaired) electrons. The molecule has 0 spiro atoms. The van der Waals surface area contributed by atoms with Gasteiger partial charge in [-0.3, -0.25) is 9.78 Å². The molecular formula is C18H20N2O. The molecule has 1 aromatic heterocycles. The normalized spacial score (nSPS) is 18.5. The van der Waals surface area contributed by atoms with E-state index >= 15 is 0 Å². The summed E-state index contributed by atoms with van der Waals surface area (Å²) in [4.78, 5) is 19.2. The first-order valence-electron chi connectivity index (χ1n) is 7.54. The van der Waals surface area contributed by atoms with Crippen LogP contribution in [0.2, 0.25) is 0 Å². The fourth-order valence-electron chi connectivity index (χ4n) is 2.97. The van der Waals surface area contributed by atoms with E-state index in [9.17, 15) is 4.79 Å². The van der Waals surface area contributed by atoms with Crippen LogP contribution in [0.4, 0.5) is 0 Å². The summed E-state index contributed by atoms with van der Waals surface area (Å²) in [5.41, 5.74) is 2.97. The summed E-state index contributed by atoms with van der Waals surface area (Å²) in [7, 11) is 0. The number of likely N-dealkylation sites (tertiary alicyclic amines) is 1. The van der Waals surface area contributed by atoms with Crippen molar-refractivity contribution in [3.05, 3.63) is 65.5 Å².